The quantitative estimate of drug-likeness (QED) is 0.614. The standard InChI is InChI=1S/C21H26FN5O/c22-18-3-5-19(6-4-18)26-9-11-27(12-10-26)21(23)25-14-17-7-8-24-20(13-17)28-15-16-1-2-16/h3-8,13,16H,1-2,9-12,14-15H2,(H2,23,25). The summed E-state index contributed by atoms with van der Waals surface area (Å²) in [6, 6.07) is 10.5. The van der Waals surface area contributed by atoms with Crippen molar-refractivity contribution in [3.05, 3.63) is 54.0 Å². The molecule has 0 unspecified atom stereocenters. The van der Waals surface area contributed by atoms with Gasteiger partial charge in [0, 0.05) is 44.1 Å². The van der Waals surface area contributed by atoms with Crippen LogP contribution in [0.15, 0.2) is 47.6 Å². The van der Waals surface area contributed by atoms with Gasteiger partial charge >= 0.3 is 0 Å². The summed E-state index contributed by atoms with van der Waals surface area (Å²) in [6.07, 6.45) is 4.27. The number of halogens is 1. The summed E-state index contributed by atoms with van der Waals surface area (Å²) in [4.78, 5) is 13.1. The van der Waals surface area contributed by atoms with Crippen molar-refractivity contribution in [2.75, 3.05) is 37.7 Å². The molecule has 0 bridgehead atoms. The third kappa shape index (κ3) is 4.91. The molecule has 1 aliphatic heterocycles. The fourth-order valence-electron chi connectivity index (χ4n) is 3.23. The van der Waals surface area contributed by atoms with E-state index in [9.17, 15) is 4.39 Å². The molecular weight excluding hydrogens is 357 g/mol. The smallest absolute Gasteiger partial charge is 0.213 e. The van der Waals surface area contributed by atoms with Gasteiger partial charge in [-0.15, -0.1) is 0 Å². The van der Waals surface area contributed by atoms with Gasteiger partial charge in [-0.3, -0.25) is 0 Å². The summed E-state index contributed by atoms with van der Waals surface area (Å²) in [7, 11) is 0. The maximum Gasteiger partial charge on any atom is 0.213 e. The van der Waals surface area contributed by atoms with Crippen LogP contribution in [0.4, 0.5) is 10.1 Å². The highest BCUT2D eigenvalue weighted by molar-refractivity contribution is 5.78. The molecule has 2 N–H and O–H groups in total. The van der Waals surface area contributed by atoms with Crippen LogP contribution >= 0.6 is 0 Å². The maximum atomic E-state index is 13.1. The van der Waals surface area contributed by atoms with Crippen molar-refractivity contribution in [2.24, 2.45) is 16.6 Å². The fraction of sp³-hybridized carbons (Fsp3) is 0.429. The van der Waals surface area contributed by atoms with Crippen molar-refractivity contribution in [3.63, 3.8) is 0 Å². The van der Waals surface area contributed by atoms with E-state index in [0.717, 1.165) is 44.0 Å². The number of aromatic nitrogens is 1. The van der Waals surface area contributed by atoms with Crippen LogP contribution in [-0.4, -0.2) is 48.6 Å². The number of ether oxygens (including phenoxy) is 1. The molecule has 2 fully saturated rings. The molecule has 1 aliphatic carbocycles. The number of anilines is 1. The zero-order valence-corrected chi connectivity index (χ0v) is 15.9. The SMILES string of the molecule is NC(=NCc1ccnc(OCC2CC2)c1)N1CCN(c2ccc(F)cc2)CC1. The fourth-order valence-corrected chi connectivity index (χ4v) is 3.23. The second-order valence-electron chi connectivity index (χ2n) is 7.38. The average Bonchev–Trinajstić information content (AvgIpc) is 3.56. The maximum absolute atomic E-state index is 13.1. The molecule has 28 heavy (non-hydrogen) atoms. The Balaban J connectivity index is 1.28. The van der Waals surface area contributed by atoms with Crippen LogP contribution in [0.5, 0.6) is 5.88 Å². The highest BCUT2D eigenvalue weighted by Gasteiger charge is 2.22. The number of hydrogen-bond acceptors (Lipinski definition) is 4. The molecule has 2 aliphatic rings. The van der Waals surface area contributed by atoms with E-state index in [1.54, 1.807) is 6.20 Å². The van der Waals surface area contributed by atoms with Crippen molar-refractivity contribution in [2.45, 2.75) is 19.4 Å². The summed E-state index contributed by atoms with van der Waals surface area (Å²) in [5.74, 6) is 1.70. The summed E-state index contributed by atoms with van der Waals surface area (Å²) < 4.78 is 18.8. The minimum atomic E-state index is -0.212. The Morgan fingerprint density at radius 1 is 1.14 bits per heavy atom. The highest BCUT2D eigenvalue weighted by Crippen LogP contribution is 2.29. The first kappa shape index (κ1) is 18.5. The number of nitrogens with two attached hydrogens (primary N) is 1. The number of hydrogen-bond donors (Lipinski definition) is 1. The molecule has 2 heterocycles. The Morgan fingerprint density at radius 3 is 2.61 bits per heavy atom. The van der Waals surface area contributed by atoms with E-state index in [1.165, 1.54) is 25.0 Å². The number of guanidine groups is 1. The molecule has 0 radical (unpaired) electrons. The molecule has 6 nitrogen and oxygen atoms in total. The predicted octanol–water partition coefficient (Wildman–Crippen LogP) is 2.65. The zero-order valence-electron chi connectivity index (χ0n) is 15.9. The van der Waals surface area contributed by atoms with Gasteiger partial charge in [-0.2, -0.15) is 0 Å². The Bertz CT molecular complexity index is 814. The first-order chi connectivity index (χ1) is 13.7. The van der Waals surface area contributed by atoms with Gasteiger partial charge in [-0.1, -0.05) is 0 Å². The van der Waals surface area contributed by atoms with Gasteiger partial charge < -0.3 is 20.3 Å². The van der Waals surface area contributed by atoms with E-state index in [0.29, 0.717) is 24.3 Å². The van der Waals surface area contributed by atoms with Crippen LogP contribution in [0.1, 0.15) is 18.4 Å². The van der Waals surface area contributed by atoms with E-state index in [4.69, 9.17) is 10.5 Å². The third-order valence-electron chi connectivity index (χ3n) is 5.18. The Morgan fingerprint density at radius 2 is 1.89 bits per heavy atom. The second-order valence-corrected chi connectivity index (χ2v) is 7.38. The van der Waals surface area contributed by atoms with Gasteiger partial charge in [0.25, 0.3) is 0 Å². The highest BCUT2D eigenvalue weighted by atomic mass is 19.1. The monoisotopic (exact) mass is 383 g/mol. The molecule has 1 aromatic heterocycles. The van der Waals surface area contributed by atoms with Crippen LogP contribution in [0, 0.1) is 11.7 Å². The van der Waals surface area contributed by atoms with Crippen LogP contribution in [0.25, 0.3) is 0 Å². The lowest BCUT2D eigenvalue weighted by molar-refractivity contribution is 0.288. The minimum Gasteiger partial charge on any atom is -0.477 e. The summed E-state index contributed by atoms with van der Waals surface area (Å²) in [5.41, 5.74) is 8.28. The number of pyridine rings is 1. The minimum absolute atomic E-state index is 0.212. The van der Waals surface area contributed by atoms with Crippen LogP contribution < -0.4 is 15.4 Å². The van der Waals surface area contributed by atoms with E-state index in [1.807, 2.05) is 24.3 Å². The van der Waals surface area contributed by atoms with Gasteiger partial charge in [-0.05, 0) is 54.7 Å². The lowest BCUT2D eigenvalue weighted by atomic mass is 10.2. The van der Waals surface area contributed by atoms with Gasteiger partial charge in [0.2, 0.25) is 5.88 Å². The van der Waals surface area contributed by atoms with Gasteiger partial charge in [0.1, 0.15) is 5.82 Å². The lowest BCUT2D eigenvalue weighted by Crippen LogP contribution is -2.51. The van der Waals surface area contributed by atoms with E-state index in [2.05, 4.69) is 19.8 Å². The molecular formula is C21H26FN5O. The zero-order chi connectivity index (χ0) is 19.3. The first-order valence-electron chi connectivity index (χ1n) is 9.80. The van der Waals surface area contributed by atoms with Gasteiger partial charge in [-0.25, -0.2) is 14.4 Å². The number of benzene rings is 1. The van der Waals surface area contributed by atoms with E-state index in [-0.39, 0.29) is 5.82 Å². The molecule has 0 atom stereocenters. The van der Waals surface area contributed by atoms with Crippen LogP contribution in [-0.2, 0) is 6.54 Å². The Kier molecular flexibility index (Phi) is 5.60. The number of rotatable bonds is 6. The summed E-state index contributed by atoms with van der Waals surface area (Å²) in [5, 5.41) is 0. The first-order valence-corrected chi connectivity index (χ1v) is 9.80. The third-order valence-corrected chi connectivity index (χ3v) is 5.18. The van der Waals surface area contributed by atoms with Gasteiger partial charge in [0.15, 0.2) is 5.96 Å². The molecule has 148 valence electrons. The lowest BCUT2D eigenvalue weighted by Gasteiger charge is -2.36. The molecule has 7 heteroatoms. The second kappa shape index (κ2) is 8.46. The number of aliphatic imine (C=N–C) groups is 1. The Hall–Kier alpha value is -2.83. The van der Waals surface area contributed by atoms with Crippen LogP contribution in [0.3, 0.4) is 0 Å². The molecule has 0 amide bonds. The molecule has 1 aromatic carbocycles. The van der Waals surface area contributed by atoms with Crippen molar-refractivity contribution in [3.8, 4) is 5.88 Å². The van der Waals surface area contributed by atoms with Crippen molar-refractivity contribution < 1.29 is 9.13 Å². The summed E-state index contributed by atoms with van der Waals surface area (Å²) in [6.45, 7) is 4.50. The molecule has 4 rings (SSSR count). The Labute approximate surface area is 164 Å². The average molecular weight is 383 g/mol. The normalized spacial score (nSPS) is 17.7. The van der Waals surface area contributed by atoms with E-state index >= 15 is 0 Å². The van der Waals surface area contributed by atoms with E-state index < -0.39 is 0 Å². The summed E-state index contributed by atoms with van der Waals surface area (Å²) >= 11 is 0. The molecule has 0 spiro atoms. The number of nitrogens with zero attached hydrogens (tertiary/aromatic N) is 4. The molecule has 1 saturated heterocycles. The largest absolute Gasteiger partial charge is 0.477 e. The van der Waals surface area contributed by atoms with Crippen LogP contribution in [0.2, 0.25) is 0 Å². The van der Waals surface area contributed by atoms with Crippen molar-refractivity contribution in [1.29, 1.82) is 0 Å². The molecule has 1 saturated carbocycles. The topological polar surface area (TPSA) is 67.0 Å². The predicted molar refractivity (Wildman–Crippen MR) is 108 cm³/mol. The van der Waals surface area contributed by atoms with Crippen molar-refractivity contribution in [1.82, 2.24) is 9.88 Å². The number of piperazine rings is 1. The molecule has 2 aromatic rings. The van der Waals surface area contributed by atoms with Gasteiger partial charge in [0.05, 0.1) is 13.2 Å². The van der Waals surface area contributed by atoms with Crippen molar-refractivity contribution >= 4 is 11.6 Å².